The molecule has 0 N–H and O–H groups in total. The molecular weight excluding hydrogens is 276 g/mol. The summed E-state index contributed by atoms with van der Waals surface area (Å²) in [7, 11) is 0. The van der Waals surface area contributed by atoms with Gasteiger partial charge in [0, 0.05) is 4.90 Å². The molecule has 2 aromatic carbocycles. The van der Waals surface area contributed by atoms with Crippen LogP contribution < -0.4 is 0 Å². The maximum absolute atomic E-state index is 5.08. The van der Waals surface area contributed by atoms with Gasteiger partial charge in [0.2, 0.25) is 0 Å². The van der Waals surface area contributed by atoms with Crippen molar-refractivity contribution in [3.8, 4) is 0 Å². The number of fused-ring (bicyclic) bond motifs is 1. The molecule has 0 aliphatic heterocycles. The predicted molar refractivity (Wildman–Crippen MR) is 90.3 cm³/mol. The smallest absolute Gasteiger partial charge is 0.0748 e. The van der Waals surface area contributed by atoms with E-state index in [2.05, 4.69) is 49.9 Å². The summed E-state index contributed by atoms with van der Waals surface area (Å²) in [6, 6.07) is 12.9. The second-order valence-corrected chi connectivity index (χ2v) is 6.56. The summed E-state index contributed by atoms with van der Waals surface area (Å²) < 4.78 is 0.651. The van der Waals surface area contributed by atoms with Gasteiger partial charge in [0.25, 0.3) is 0 Å². The topological polar surface area (TPSA) is 0 Å². The molecule has 0 bridgehead atoms. The first-order valence-corrected chi connectivity index (χ1v) is 7.94. The number of benzene rings is 2. The van der Waals surface area contributed by atoms with Crippen LogP contribution in [-0.2, 0) is 0 Å². The van der Waals surface area contributed by atoms with Crippen LogP contribution in [0, 0.1) is 0 Å². The first-order valence-electron chi connectivity index (χ1n) is 6.10. The van der Waals surface area contributed by atoms with Crippen molar-refractivity contribution >= 4 is 51.6 Å². The Morgan fingerprint density at radius 2 is 1.89 bits per heavy atom. The lowest BCUT2D eigenvalue weighted by Gasteiger charge is -2.05. The van der Waals surface area contributed by atoms with Crippen molar-refractivity contribution in [2.45, 2.75) is 24.7 Å². The molecule has 0 amide bonds. The van der Waals surface area contributed by atoms with Crippen molar-refractivity contribution in [2.24, 2.45) is 0 Å². The van der Waals surface area contributed by atoms with Gasteiger partial charge < -0.3 is 0 Å². The number of thiol groups is 1. The Labute approximate surface area is 124 Å². The van der Waals surface area contributed by atoms with E-state index in [0.29, 0.717) is 4.20 Å². The van der Waals surface area contributed by atoms with Crippen LogP contribution in [0.5, 0.6) is 0 Å². The van der Waals surface area contributed by atoms with E-state index in [1.807, 2.05) is 17.8 Å². The highest BCUT2D eigenvalue weighted by Gasteiger charge is 2.01. The van der Waals surface area contributed by atoms with Gasteiger partial charge in [-0.25, -0.2) is 0 Å². The monoisotopic (exact) mass is 292 g/mol. The Kier molecular flexibility index (Phi) is 5.10. The van der Waals surface area contributed by atoms with E-state index < -0.39 is 0 Å². The fourth-order valence-electron chi connectivity index (χ4n) is 1.78. The molecule has 0 saturated carbocycles. The van der Waals surface area contributed by atoms with E-state index in [0.717, 1.165) is 5.56 Å². The molecule has 0 spiro atoms. The molecule has 0 unspecified atom stereocenters. The highest BCUT2D eigenvalue weighted by molar-refractivity contribution is 8.11. The van der Waals surface area contributed by atoms with Gasteiger partial charge in [0.1, 0.15) is 0 Å². The number of hydrogen-bond acceptors (Lipinski definition) is 2. The van der Waals surface area contributed by atoms with E-state index in [-0.39, 0.29) is 0 Å². The maximum Gasteiger partial charge on any atom is 0.0748 e. The Morgan fingerprint density at radius 1 is 1.17 bits per heavy atom. The Hall–Kier alpha value is -0.510. The van der Waals surface area contributed by atoms with Crippen molar-refractivity contribution in [1.29, 1.82) is 0 Å². The van der Waals surface area contributed by atoms with E-state index in [1.54, 1.807) is 0 Å². The van der Waals surface area contributed by atoms with Gasteiger partial charge >= 0.3 is 0 Å². The molecule has 0 nitrogen and oxygen atoms in total. The molecule has 2 aromatic rings. The summed E-state index contributed by atoms with van der Waals surface area (Å²) in [4.78, 5) is 1.34. The van der Waals surface area contributed by atoms with Gasteiger partial charge in [0.15, 0.2) is 0 Å². The minimum atomic E-state index is 0.651. The van der Waals surface area contributed by atoms with Crippen LogP contribution in [0.2, 0.25) is 0 Å². The Balaban J connectivity index is 2.24. The number of thioether (sulfide) groups is 1. The van der Waals surface area contributed by atoms with Crippen LogP contribution in [0.15, 0.2) is 41.3 Å². The normalized spacial score (nSPS) is 10.8. The quantitative estimate of drug-likeness (QED) is 0.342. The Morgan fingerprint density at radius 3 is 2.61 bits per heavy atom. The molecule has 0 aliphatic carbocycles. The lowest BCUT2D eigenvalue weighted by molar-refractivity contribution is 0.896. The van der Waals surface area contributed by atoms with Crippen molar-refractivity contribution in [1.82, 2.24) is 0 Å². The van der Waals surface area contributed by atoms with Crippen LogP contribution in [0.1, 0.15) is 25.3 Å². The molecule has 0 aliphatic rings. The van der Waals surface area contributed by atoms with Crippen LogP contribution in [0.3, 0.4) is 0 Å². The molecular formula is C15H16S3. The highest BCUT2D eigenvalue weighted by atomic mass is 32.2. The first kappa shape index (κ1) is 13.9. The molecule has 2 rings (SSSR count). The third kappa shape index (κ3) is 3.50. The van der Waals surface area contributed by atoms with Gasteiger partial charge in [0.05, 0.1) is 4.20 Å². The van der Waals surface area contributed by atoms with Gasteiger partial charge in [-0.2, -0.15) is 0 Å². The number of thiocarbonyl (C=S) groups is 1. The Bertz CT molecular complexity index is 561. The average Bonchev–Trinajstić information content (AvgIpc) is 2.38. The number of rotatable bonds is 5. The standard InChI is InChI=1S/C15H16S3/c1-2-3-8-18-14-7-6-11-9-13(15(16)17)5-4-12(11)10-14/h4-7,9-10H,2-3,8H2,1H3,(H,16,17). The maximum atomic E-state index is 5.08. The fraction of sp³-hybridized carbons (Fsp3) is 0.267. The zero-order valence-electron chi connectivity index (χ0n) is 10.3. The lowest BCUT2D eigenvalue weighted by atomic mass is 10.1. The van der Waals surface area contributed by atoms with Gasteiger partial charge in [-0.15, -0.1) is 24.4 Å². The largest absolute Gasteiger partial charge is 0.131 e. The molecule has 0 saturated heterocycles. The molecule has 0 atom stereocenters. The summed E-state index contributed by atoms with van der Waals surface area (Å²) >= 11 is 11.2. The second-order valence-electron chi connectivity index (χ2n) is 4.23. The SMILES string of the molecule is CCCCSc1ccc2cc(C(=S)S)ccc2c1. The molecule has 94 valence electrons. The lowest BCUT2D eigenvalue weighted by Crippen LogP contribution is -1.87. The van der Waals surface area contributed by atoms with Crippen LogP contribution in [0.25, 0.3) is 10.8 Å². The van der Waals surface area contributed by atoms with Crippen molar-refractivity contribution in [3.63, 3.8) is 0 Å². The van der Waals surface area contributed by atoms with Crippen molar-refractivity contribution in [2.75, 3.05) is 5.75 Å². The molecule has 0 fully saturated rings. The molecule has 0 aromatic heterocycles. The molecule has 3 heteroatoms. The van der Waals surface area contributed by atoms with E-state index in [1.165, 1.54) is 34.3 Å². The van der Waals surface area contributed by atoms with E-state index >= 15 is 0 Å². The van der Waals surface area contributed by atoms with Crippen LogP contribution in [0.4, 0.5) is 0 Å². The minimum absolute atomic E-state index is 0.651. The predicted octanol–water partition coefficient (Wildman–Crippen LogP) is 5.34. The molecule has 0 heterocycles. The minimum Gasteiger partial charge on any atom is -0.131 e. The summed E-state index contributed by atoms with van der Waals surface area (Å²) in [5.41, 5.74) is 1.02. The summed E-state index contributed by atoms with van der Waals surface area (Å²) in [6.07, 6.45) is 2.53. The number of unbranched alkanes of at least 4 members (excludes halogenated alkanes) is 1. The third-order valence-electron chi connectivity index (χ3n) is 2.83. The zero-order chi connectivity index (χ0) is 13.0. The van der Waals surface area contributed by atoms with E-state index in [4.69, 9.17) is 12.2 Å². The number of hydrogen-bond donors (Lipinski definition) is 1. The fourth-order valence-corrected chi connectivity index (χ4v) is 3.09. The third-order valence-corrected chi connectivity index (χ3v) is 4.40. The summed E-state index contributed by atoms with van der Waals surface area (Å²) in [6.45, 7) is 2.23. The van der Waals surface area contributed by atoms with Crippen molar-refractivity contribution < 1.29 is 0 Å². The van der Waals surface area contributed by atoms with E-state index in [9.17, 15) is 0 Å². The highest BCUT2D eigenvalue weighted by Crippen LogP contribution is 2.25. The second kappa shape index (κ2) is 6.60. The summed E-state index contributed by atoms with van der Waals surface area (Å²) in [5, 5.41) is 2.49. The zero-order valence-corrected chi connectivity index (χ0v) is 12.9. The summed E-state index contributed by atoms with van der Waals surface area (Å²) in [5.74, 6) is 1.20. The van der Waals surface area contributed by atoms with Gasteiger partial charge in [-0.3, -0.25) is 0 Å². The molecule has 18 heavy (non-hydrogen) atoms. The van der Waals surface area contributed by atoms with Crippen LogP contribution in [-0.4, -0.2) is 9.95 Å². The van der Waals surface area contributed by atoms with Crippen LogP contribution >= 0.6 is 36.6 Å². The van der Waals surface area contributed by atoms with Crippen molar-refractivity contribution in [3.05, 3.63) is 42.0 Å². The first-order chi connectivity index (χ1) is 8.70. The average molecular weight is 292 g/mol. The van der Waals surface area contributed by atoms with Gasteiger partial charge in [-0.1, -0.05) is 43.8 Å². The molecule has 0 radical (unpaired) electrons. The van der Waals surface area contributed by atoms with Gasteiger partial charge in [-0.05, 0) is 46.7 Å².